The highest BCUT2D eigenvalue weighted by molar-refractivity contribution is 6.36. The second kappa shape index (κ2) is 8.52. The third-order valence-corrected chi connectivity index (χ3v) is 5.56. The monoisotopic (exact) mass is 470 g/mol. The van der Waals surface area contributed by atoms with Gasteiger partial charge < -0.3 is 15.2 Å². The fraction of sp³-hybridized carbons (Fsp3) is 0.0435. The minimum Gasteiger partial charge on any atom is -0.440 e. The van der Waals surface area contributed by atoms with Crippen LogP contribution in [0.15, 0.2) is 72.1 Å². The first-order chi connectivity index (χ1) is 14.9. The summed E-state index contributed by atoms with van der Waals surface area (Å²) in [4.78, 5) is 12.5. The molecular weight excluding hydrogens is 459 g/mol. The number of nitriles is 1. The van der Waals surface area contributed by atoms with Crippen LogP contribution in [0.3, 0.4) is 0 Å². The Balaban J connectivity index is 1.69. The summed E-state index contributed by atoms with van der Waals surface area (Å²) in [6.45, 7) is 0. The number of ether oxygens (including phenoxy) is 2. The van der Waals surface area contributed by atoms with E-state index in [1.807, 2.05) is 12.1 Å². The molecule has 0 fully saturated rings. The molecule has 1 atom stereocenters. The molecule has 5 nitrogen and oxygen atoms in total. The number of carbonyl (C=O) groups excluding carboxylic acids is 1. The largest absolute Gasteiger partial charge is 0.440 e. The maximum Gasteiger partial charge on any atom is 0.345 e. The second-order valence-electron chi connectivity index (χ2n) is 6.69. The van der Waals surface area contributed by atoms with Gasteiger partial charge in [0, 0.05) is 21.7 Å². The van der Waals surface area contributed by atoms with E-state index >= 15 is 0 Å². The quantitative estimate of drug-likeness (QED) is 0.369. The zero-order chi connectivity index (χ0) is 22.1. The van der Waals surface area contributed by atoms with Crippen molar-refractivity contribution in [3.05, 3.63) is 104 Å². The number of fused-ring (bicyclic) bond motifs is 1. The maximum absolute atomic E-state index is 12.5. The summed E-state index contributed by atoms with van der Waals surface area (Å²) < 4.78 is 11.1. The minimum atomic E-state index is -0.645. The smallest absolute Gasteiger partial charge is 0.345 e. The summed E-state index contributed by atoms with van der Waals surface area (Å²) in [5, 5.41) is 10.8. The maximum atomic E-state index is 12.5. The summed E-state index contributed by atoms with van der Waals surface area (Å²) >= 11 is 18.0. The number of halogens is 3. The van der Waals surface area contributed by atoms with Crippen molar-refractivity contribution in [1.29, 1.82) is 5.26 Å². The molecule has 0 aromatic heterocycles. The SMILES string of the molecule is N#CC1=C(N)Oc2cc(OC(=O)c3ccc(Cl)cc3Cl)ccc2C1c1ccc(Cl)cc1. The highest BCUT2D eigenvalue weighted by atomic mass is 35.5. The molecule has 31 heavy (non-hydrogen) atoms. The van der Waals surface area contributed by atoms with Gasteiger partial charge in [0.25, 0.3) is 0 Å². The Kier molecular flexibility index (Phi) is 5.79. The number of carbonyl (C=O) groups is 1. The first kappa shape index (κ1) is 21.1. The van der Waals surface area contributed by atoms with E-state index in [2.05, 4.69) is 6.07 Å². The van der Waals surface area contributed by atoms with Gasteiger partial charge in [-0.3, -0.25) is 0 Å². The molecule has 1 heterocycles. The molecule has 0 saturated carbocycles. The molecule has 154 valence electrons. The van der Waals surface area contributed by atoms with Crippen LogP contribution in [-0.4, -0.2) is 5.97 Å². The number of hydrogen-bond acceptors (Lipinski definition) is 5. The Morgan fingerprint density at radius 2 is 1.71 bits per heavy atom. The van der Waals surface area contributed by atoms with E-state index in [1.54, 1.807) is 36.4 Å². The Bertz CT molecular complexity index is 1260. The lowest BCUT2D eigenvalue weighted by Gasteiger charge is -2.26. The lowest BCUT2D eigenvalue weighted by Crippen LogP contribution is -2.21. The van der Waals surface area contributed by atoms with Crippen LogP contribution in [0.2, 0.25) is 15.1 Å². The molecule has 1 aliphatic heterocycles. The molecule has 8 heteroatoms. The summed E-state index contributed by atoms with van der Waals surface area (Å²) in [6.07, 6.45) is 0. The van der Waals surface area contributed by atoms with Crippen LogP contribution in [0.5, 0.6) is 11.5 Å². The first-order valence-electron chi connectivity index (χ1n) is 9.01. The van der Waals surface area contributed by atoms with Crippen LogP contribution in [0.25, 0.3) is 0 Å². The lowest BCUT2D eigenvalue weighted by molar-refractivity contribution is 0.0734. The molecule has 0 bridgehead atoms. The van der Waals surface area contributed by atoms with Crippen LogP contribution >= 0.6 is 34.8 Å². The van der Waals surface area contributed by atoms with Crippen LogP contribution in [-0.2, 0) is 0 Å². The molecule has 2 N–H and O–H groups in total. The molecular formula is C23H13Cl3N2O3. The zero-order valence-corrected chi connectivity index (χ0v) is 18.0. The molecule has 0 aliphatic carbocycles. The first-order valence-corrected chi connectivity index (χ1v) is 10.1. The van der Waals surface area contributed by atoms with E-state index in [9.17, 15) is 10.1 Å². The summed E-state index contributed by atoms with van der Waals surface area (Å²) in [7, 11) is 0. The fourth-order valence-corrected chi connectivity index (χ4v) is 3.93. The van der Waals surface area contributed by atoms with Crippen molar-refractivity contribution < 1.29 is 14.3 Å². The predicted molar refractivity (Wildman–Crippen MR) is 119 cm³/mol. The summed E-state index contributed by atoms with van der Waals surface area (Å²) in [6, 6.07) is 18.6. The molecule has 0 amide bonds. The van der Waals surface area contributed by atoms with E-state index in [-0.39, 0.29) is 27.8 Å². The lowest BCUT2D eigenvalue weighted by atomic mass is 9.83. The van der Waals surface area contributed by atoms with Gasteiger partial charge in [0.15, 0.2) is 0 Å². The Morgan fingerprint density at radius 1 is 1.00 bits per heavy atom. The standard InChI is InChI=1S/C23H13Cl3N2O3/c24-13-3-1-12(2-4-13)21-17-8-6-15(10-20(17)31-22(28)18(21)11-27)30-23(29)16-7-5-14(25)9-19(16)26/h1-10,21H,28H2. The number of esters is 1. The van der Waals surface area contributed by atoms with Crippen molar-refractivity contribution >= 4 is 40.8 Å². The van der Waals surface area contributed by atoms with Crippen molar-refractivity contribution in [3.8, 4) is 17.6 Å². The third-order valence-electron chi connectivity index (χ3n) is 4.76. The third kappa shape index (κ3) is 4.19. The predicted octanol–water partition coefficient (Wildman–Crippen LogP) is 6.08. The fourth-order valence-electron chi connectivity index (χ4n) is 3.31. The van der Waals surface area contributed by atoms with Gasteiger partial charge in [0.2, 0.25) is 5.88 Å². The molecule has 1 aliphatic rings. The van der Waals surface area contributed by atoms with E-state index in [0.717, 1.165) is 5.56 Å². The number of allylic oxidation sites excluding steroid dienone is 1. The van der Waals surface area contributed by atoms with Gasteiger partial charge in [-0.25, -0.2) is 4.79 Å². The number of rotatable bonds is 3. The highest BCUT2D eigenvalue weighted by Crippen LogP contribution is 2.43. The Morgan fingerprint density at radius 3 is 2.39 bits per heavy atom. The normalized spacial score (nSPS) is 15.0. The van der Waals surface area contributed by atoms with Crippen molar-refractivity contribution in [2.45, 2.75) is 5.92 Å². The van der Waals surface area contributed by atoms with E-state index in [4.69, 9.17) is 50.0 Å². The van der Waals surface area contributed by atoms with Crippen molar-refractivity contribution in [2.24, 2.45) is 5.73 Å². The summed E-state index contributed by atoms with van der Waals surface area (Å²) in [5.74, 6) is -0.490. The average molecular weight is 472 g/mol. The van der Waals surface area contributed by atoms with Gasteiger partial charge in [-0.2, -0.15) is 5.26 Å². The van der Waals surface area contributed by atoms with Gasteiger partial charge >= 0.3 is 5.97 Å². The average Bonchev–Trinajstić information content (AvgIpc) is 2.73. The molecule has 3 aromatic carbocycles. The number of hydrogen-bond donors (Lipinski definition) is 1. The van der Waals surface area contributed by atoms with E-state index < -0.39 is 11.9 Å². The summed E-state index contributed by atoms with van der Waals surface area (Å²) in [5.41, 5.74) is 8.00. The van der Waals surface area contributed by atoms with Crippen LogP contribution in [0.4, 0.5) is 0 Å². The highest BCUT2D eigenvalue weighted by Gasteiger charge is 2.31. The molecule has 0 radical (unpaired) electrons. The molecule has 3 aromatic rings. The molecule has 0 saturated heterocycles. The van der Waals surface area contributed by atoms with Crippen LogP contribution in [0, 0.1) is 11.3 Å². The van der Waals surface area contributed by atoms with E-state index in [1.165, 1.54) is 12.1 Å². The van der Waals surface area contributed by atoms with Gasteiger partial charge in [-0.1, -0.05) is 53.0 Å². The van der Waals surface area contributed by atoms with E-state index in [0.29, 0.717) is 21.4 Å². The molecule has 0 spiro atoms. The Hall–Kier alpha value is -3.17. The molecule has 4 rings (SSSR count). The zero-order valence-electron chi connectivity index (χ0n) is 15.7. The van der Waals surface area contributed by atoms with Gasteiger partial charge in [-0.15, -0.1) is 0 Å². The van der Waals surface area contributed by atoms with Gasteiger partial charge in [0.05, 0.1) is 16.5 Å². The molecule has 1 unspecified atom stereocenters. The van der Waals surface area contributed by atoms with Gasteiger partial charge in [-0.05, 0) is 42.0 Å². The minimum absolute atomic E-state index is 0.0147. The van der Waals surface area contributed by atoms with Crippen molar-refractivity contribution in [1.82, 2.24) is 0 Å². The van der Waals surface area contributed by atoms with Gasteiger partial charge in [0.1, 0.15) is 23.1 Å². The van der Waals surface area contributed by atoms with Crippen molar-refractivity contribution in [2.75, 3.05) is 0 Å². The second-order valence-corrected chi connectivity index (χ2v) is 7.97. The number of nitrogens with zero attached hydrogens (tertiary/aromatic N) is 1. The topological polar surface area (TPSA) is 85.3 Å². The van der Waals surface area contributed by atoms with Crippen LogP contribution < -0.4 is 15.2 Å². The number of benzene rings is 3. The van der Waals surface area contributed by atoms with Crippen molar-refractivity contribution in [3.63, 3.8) is 0 Å². The number of nitrogens with two attached hydrogens (primary N) is 1. The Labute approximate surface area is 193 Å². The van der Waals surface area contributed by atoms with Crippen LogP contribution in [0.1, 0.15) is 27.4 Å².